The third-order valence-corrected chi connectivity index (χ3v) is 5.10. The van der Waals surface area contributed by atoms with Crippen LogP contribution in [-0.2, 0) is 22.0 Å². The molecule has 0 atom stereocenters. The molecule has 2 rings (SSSR count). The van der Waals surface area contributed by atoms with Crippen molar-refractivity contribution in [2.75, 3.05) is 0 Å². The average molecular weight is 431 g/mol. The third kappa shape index (κ3) is 6.23. The van der Waals surface area contributed by atoms with Crippen molar-refractivity contribution >= 4 is 23.4 Å². The lowest BCUT2D eigenvalue weighted by molar-refractivity contribution is -0.121. The summed E-state index contributed by atoms with van der Waals surface area (Å²) < 4.78 is 0. The standard InChI is InChI=1S/C24H31ClN2O3/c1-23(2,3)18-13-15(14-19(21(18)29)24(4,5)6)7-12-20(28)26-27-22(30)16-8-10-17(25)11-9-16/h8-11,13-14,29H,7,12H2,1-6H3,(H,26,28)(H,27,30). The van der Waals surface area contributed by atoms with Crippen LogP contribution in [0.3, 0.4) is 0 Å². The van der Waals surface area contributed by atoms with Gasteiger partial charge in [-0.15, -0.1) is 0 Å². The van der Waals surface area contributed by atoms with Crippen LogP contribution in [-0.4, -0.2) is 16.9 Å². The van der Waals surface area contributed by atoms with Gasteiger partial charge >= 0.3 is 0 Å². The lowest BCUT2D eigenvalue weighted by Crippen LogP contribution is -2.41. The van der Waals surface area contributed by atoms with Gasteiger partial charge in [0, 0.05) is 17.0 Å². The summed E-state index contributed by atoms with van der Waals surface area (Å²) in [5.74, 6) is -0.381. The first kappa shape index (κ1) is 23.7. The van der Waals surface area contributed by atoms with Crippen LogP contribution in [0.5, 0.6) is 5.75 Å². The average Bonchev–Trinajstić information content (AvgIpc) is 2.63. The van der Waals surface area contributed by atoms with E-state index in [9.17, 15) is 14.7 Å². The Balaban J connectivity index is 2.06. The number of benzene rings is 2. The SMILES string of the molecule is CC(C)(C)c1cc(CCC(=O)NNC(=O)c2ccc(Cl)cc2)cc(C(C)(C)C)c1O. The minimum absolute atomic E-state index is 0.207. The van der Waals surface area contributed by atoms with E-state index in [0.717, 1.165) is 16.7 Å². The zero-order valence-electron chi connectivity index (χ0n) is 18.5. The molecule has 0 unspecified atom stereocenters. The van der Waals surface area contributed by atoms with E-state index in [4.69, 9.17) is 11.6 Å². The quantitative estimate of drug-likeness (QED) is 0.595. The van der Waals surface area contributed by atoms with Gasteiger partial charge in [-0.25, -0.2) is 0 Å². The molecule has 2 aromatic carbocycles. The number of carbonyl (C=O) groups is 2. The van der Waals surface area contributed by atoms with Crippen LogP contribution in [0.25, 0.3) is 0 Å². The van der Waals surface area contributed by atoms with Gasteiger partial charge in [-0.2, -0.15) is 0 Å². The maximum absolute atomic E-state index is 12.2. The smallest absolute Gasteiger partial charge is 0.269 e. The molecule has 30 heavy (non-hydrogen) atoms. The van der Waals surface area contributed by atoms with Crippen molar-refractivity contribution in [2.24, 2.45) is 0 Å². The van der Waals surface area contributed by atoms with E-state index >= 15 is 0 Å². The number of hydrogen-bond acceptors (Lipinski definition) is 3. The summed E-state index contributed by atoms with van der Waals surface area (Å²) in [5, 5.41) is 11.3. The monoisotopic (exact) mass is 430 g/mol. The molecule has 0 aliphatic rings. The summed E-state index contributed by atoms with van der Waals surface area (Å²) in [5.41, 5.74) is 7.51. The Morgan fingerprint density at radius 1 is 0.900 bits per heavy atom. The van der Waals surface area contributed by atoms with Crippen molar-refractivity contribution in [3.8, 4) is 5.75 Å². The predicted molar refractivity (Wildman–Crippen MR) is 121 cm³/mol. The fraction of sp³-hybridized carbons (Fsp3) is 0.417. The number of halogens is 1. The maximum atomic E-state index is 12.2. The zero-order valence-corrected chi connectivity index (χ0v) is 19.3. The number of phenolic OH excluding ortho intramolecular Hbond substituents is 1. The van der Waals surface area contributed by atoms with Crippen LogP contribution < -0.4 is 10.9 Å². The van der Waals surface area contributed by atoms with Crippen LogP contribution in [0, 0.1) is 0 Å². The molecule has 0 saturated heterocycles. The summed E-state index contributed by atoms with van der Waals surface area (Å²) >= 11 is 5.81. The molecule has 3 N–H and O–H groups in total. The van der Waals surface area contributed by atoms with E-state index in [1.54, 1.807) is 24.3 Å². The minimum atomic E-state index is -0.408. The number of carbonyl (C=O) groups excluding carboxylic acids is 2. The summed E-state index contributed by atoms with van der Waals surface area (Å²) in [7, 11) is 0. The molecule has 0 saturated carbocycles. The highest BCUT2D eigenvalue weighted by Crippen LogP contribution is 2.39. The number of nitrogens with one attached hydrogen (secondary N) is 2. The third-order valence-electron chi connectivity index (χ3n) is 4.85. The Kier molecular flexibility index (Phi) is 7.19. The lowest BCUT2D eigenvalue weighted by Gasteiger charge is -2.28. The predicted octanol–water partition coefficient (Wildman–Crippen LogP) is 5.03. The second-order valence-electron chi connectivity index (χ2n) is 9.55. The Labute approximate surface area is 183 Å². The van der Waals surface area contributed by atoms with Crippen LogP contribution in [0.2, 0.25) is 5.02 Å². The van der Waals surface area contributed by atoms with Gasteiger partial charge in [0.1, 0.15) is 5.75 Å². The molecule has 5 nitrogen and oxygen atoms in total. The second kappa shape index (κ2) is 9.09. The van der Waals surface area contributed by atoms with Crippen LogP contribution in [0.4, 0.5) is 0 Å². The minimum Gasteiger partial charge on any atom is -0.507 e. The van der Waals surface area contributed by atoms with Crippen molar-refractivity contribution in [1.29, 1.82) is 0 Å². The number of aromatic hydroxyl groups is 1. The molecule has 0 spiro atoms. The van der Waals surface area contributed by atoms with Crippen LogP contribution in [0.15, 0.2) is 36.4 Å². The van der Waals surface area contributed by atoms with Crippen molar-refractivity contribution in [2.45, 2.75) is 65.2 Å². The van der Waals surface area contributed by atoms with Crippen molar-refractivity contribution in [3.63, 3.8) is 0 Å². The Bertz CT molecular complexity index is 888. The van der Waals surface area contributed by atoms with Gasteiger partial charge in [0.25, 0.3) is 5.91 Å². The first-order valence-electron chi connectivity index (χ1n) is 10.0. The fourth-order valence-corrected chi connectivity index (χ4v) is 3.23. The second-order valence-corrected chi connectivity index (χ2v) is 9.99. The van der Waals surface area contributed by atoms with E-state index in [1.807, 2.05) is 12.1 Å². The van der Waals surface area contributed by atoms with Gasteiger partial charge in [0.15, 0.2) is 0 Å². The Morgan fingerprint density at radius 2 is 1.40 bits per heavy atom. The number of phenols is 1. The maximum Gasteiger partial charge on any atom is 0.269 e. The molecule has 0 bridgehead atoms. The molecular formula is C24H31ClN2O3. The molecule has 0 heterocycles. The summed E-state index contributed by atoms with van der Waals surface area (Å²) in [6, 6.07) is 10.3. The van der Waals surface area contributed by atoms with E-state index in [2.05, 4.69) is 52.4 Å². The normalized spacial score (nSPS) is 11.8. The topological polar surface area (TPSA) is 78.4 Å². The molecule has 6 heteroatoms. The zero-order chi connectivity index (χ0) is 22.7. The Hall–Kier alpha value is -2.53. The molecule has 0 radical (unpaired) electrons. The number of hydrogen-bond donors (Lipinski definition) is 3. The van der Waals surface area contributed by atoms with E-state index in [1.165, 1.54) is 0 Å². The van der Waals surface area contributed by atoms with Crippen LogP contribution in [0.1, 0.15) is 75.0 Å². The van der Waals surface area contributed by atoms with Gasteiger partial charge in [-0.1, -0.05) is 65.3 Å². The molecule has 0 aliphatic carbocycles. The van der Waals surface area contributed by atoms with E-state index in [-0.39, 0.29) is 23.2 Å². The highest BCUT2D eigenvalue weighted by molar-refractivity contribution is 6.30. The van der Waals surface area contributed by atoms with E-state index in [0.29, 0.717) is 22.8 Å². The van der Waals surface area contributed by atoms with Gasteiger partial charge < -0.3 is 5.11 Å². The number of amides is 2. The summed E-state index contributed by atoms with van der Waals surface area (Å²) in [6.45, 7) is 12.3. The summed E-state index contributed by atoms with van der Waals surface area (Å²) in [6.07, 6.45) is 0.702. The highest BCUT2D eigenvalue weighted by atomic mass is 35.5. The van der Waals surface area contributed by atoms with Crippen LogP contribution >= 0.6 is 11.6 Å². The van der Waals surface area contributed by atoms with Gasteiger partial charge in [-0.05, 0) is 58.2 Å². The molecule has 2 amide bonds. The Morgan fingerprint density at radius 3 is 1.87 bits per heavy atom. The molecule has 0 aliphatic heterocycles. The van der Waals surface area contributed by atoms with Gasteiger partial charge in [-0.3, -0.25) is 20.4 Å². The molecule has 0 aromatic heterocycles. The number of hydrazine groups is 1. The molecule has 0 fully saturated rings. The van der Waals surface area contributed by atoms with E-state index < -0.39 is 5.91 Å². The molecular weight excluding hydrogens is 400 g/mol. The number of rotatable bonds is 4. The van der Waals surface area contributed by atoms with Crippen molar-refractivity contribution in [3.05, 3.63) is 63.7 Å². The largest absolute Gasteiger partial charge is 0.507 e. The van der Waals surface area contributed by atoms with Gasteiger partial charge in [0.2, 0.25) is 5.91 Å². The first-order chi connectivity index (χ1) is 13.8. The van der Waals surface area contributed by atoms with Crippen molar-refractivity contribution < 1.29 is 14.7 Å². The van der Waals surface area contributed by atoms with Crippen molar-refractivity contribution in [1.82, 2.24) is 10.9 Å². The van der Waals surface area contributed by atoms with Gasteiger partial charge in [0.05, 0.1) is 0 Å². The molecule has 162 valence electrons. The lowest BCUT2D eigenvalue weighted by atomic mass is 9.78. The summed E-state index contributed by atoms with van der Waals surface area (Å²) in [4.78, 5) is 24.3. The first-order valence-corrected chi connectivity index (χ1v) is 10.4. The highest BCUT2D eigenvalue weighted by Gasteiger charge is 2.26. The number of aryl methyl sites for hydroxylation is 1. The fourth-order valence-electron chi connectivity index (χ4n) is 3.10. The molecule has 2 aromatic rings.